The Hall–Kier alpha value is -1.30. The van der Waals surface area contributed by atoms with Gasteiger partial charge in [0.1, 0.15) is 6.04 Å². The molecule has 2 aliphatic rings. The summed E-state index contributed by atoms with van der Waals surface area (Å²) in [5, 5.41) is 11.7. The molecule has 0 aliphatic carbocycles. The normalized spacial score (nSPS) is 24.9. The zero-order chi connectivity index (χ0) is 14.5. The van der Waals surface area contributed by atoms with E-state index in [2.05, 4.69) is 10.2 Å². The Morgan fingerprint density at radius 3 is 2.60 bits per heavy atom. The molecule has 0 saturated carbocycles. The molecule has 2 aliphatic heterocycles. The molecule has 2 heterocycles. The first-order chi connectivity index (χ1) is 9.61. The first-order valence-electron chi connectivity index (χ1n) is 7.64. The number of carbonyl (C=O) groups excluding carboxylic acids is 1. The molecule has 6 heteroatoms. The molecule has 0 bridgehead atoms. The van der Waals surface area contributed by atoms with Gasteiger partial charge in [-0.1, -0.05) is 13.3 Å². The Balaban J connectivity index is 1.82. The number of aliphatic carboxylic acids is 1. The van der Waals surface area contributed by atoms with Crippen molar-refractivity contribution in [1.82, 2.24) is 15.1 Å². The molecule has 2 N–H and O–H groups in total. The zero-order valence-corrected chi connectivity index (χ0v) is 12.2. The second-order valence-corrected chi connectivity index (χ2v) is 5.76. The maximum atomic E-state index is 12.1. The zero-order valence-electron chi connectivity index (χ0n) is 12.2. The van der Waals surface area contributed by atoms with E-state index in [1.54, 1.807) is 4.90 Å². The number of amides is 2. The van der Waals surface area contributed by atoms with E-state index >= 15 is 0 Å². The number of rotatable bonds is 5. The predicted molar refractivity (Wildman–Crippen MR) is 75.6 cm³/mol. The molecule has 0 spiro atoms. The van der Waals surface area contributed by atoms with Gasteiger partial charge in [0.25, 0.3) is 0 Å². The van der Waals surface area contributed by atoms with Gasteiger partial charge in [-0.3, -0.25) is 4.90 Å². The Morgan fingerprint density at radius 2 is 2.00 bits per heavy atom. The van der Waals surface area contributed by atoms with Gasteiger partial charge in [-0.2, -0.15) is 0 Å². The summed E-state index contributed by atoms with van der Waals surface area (Å²) in [7, 11) is 0. The molecule has 2 atom stereocenters. The third kappa shape index (κ3) is 3.62. The lowest BCUT2D eigenvalue weighted by molar-refractivity contribution is -0.139. The highest BCUT2D eigenvalue weighted by Gasteiger charge is 2.32. The number of hydrogen-bond acceptors (Lipinski definition) is 3. The second kappa shape index (κ2) is 6.92. The van der Waals surface area contributed by atoms with E-state index in [4.69, 9.17) is 5.11 Å². The first kappa shape index (κ1) is 15.1. The van der Waals surface area contributed by atoms with E-state index < -0.39 is 12.0 Å². The monoisotopic (exact) mass is 283 g/mol. The largest absolute Gasteiger partial charge is 0.480 e. The van der Waals surface area contributed by atoms with E-state index in [0.717, 1.165) is 39.0 Å². The van der Waals surface area contributed by atoms with Gasteiger partial charge in [0.2, 0.25) is 0 Å². The van der Waals surface area contributed by atoms with Gasteiger partial charge in [-0.25, -0.2) is 9.59 Å². The number of carbonyl (C=O) groups is 2. The van der Waals surface area contributed by atoms with Gasteiger partial charge in [0.05, 0.1) is 0 Å². The van der Waals surface area contributed by atoms with Crippen LogP contribution in [0.25, 0.3) is 0 Å². The van der Waals surface area contributed by atoms with Crippen LogP contribution in [-0.2, 0) is 4.79 Å². The molecule has 1 unspecified atom stereocenters. The van der Waals surface area contributed by atoms with E-state index in [1.165, 1.54) is 12.8 Å². The lowest BCUT2D eigenvalue weighted by atomic mass is 10.2. The maximum absolute atomic E-state index is 12.1. The van der Waals surface area contributed by atoms with Crippen LogP contribution in [0.15, 0.2) is 0 Å². The van der Waals surface area contributed by atoms with Gasteiger partial charge in [-0.15, -0.1) is 0 Å². The molecule has 0 radical (unpaired) electrons. The van der Waals surface area contributed by atoms with Crippen molar-refractivity contribution in [2.75, 3.05) is 26.2 Å². The minimum atomic E-state index is -0.949. The van der Waals surface area contributed by atoms with Gasteiger partial charge in [0, 0.05) is 19.1 Å². The van der Waals surface area contributed by atoms with Crippen molar-refractivity contribution in [2.45, 2.75) is 51.1 Å². The van der Waals surface area contributed by atoms with Crippen LogP contribution in [0.3, 0.4) is 0 Å². The summed E-state index contributed by atoms with van der Waals surface area (Å²) >= 11 is 0. The average Bonchev–Trinajstić information content (AvgIpc) is 3.08. The van der Waals surface area contributed by atoms with Crippen LogP contribution < -0.4 is 5.32 Å². The van der Waals surface area contributed by atoms with Crippen molar-refractivity contribution in [3.8, 4) is 0 Å². The lowest BCUT2D eigenvalue weighted by Crippen LogP contribution is -2.48. The summed E-state index contributed by atoms with van der Waals surface area (Å²) in [6, 6.07) is -0.538. The summed E-state index contributed by atoms with van der Waals surface area (Å²) in [6.07, 6.45) is 4.72. The standard InChI is InChI=1S/C14H25N3O3/c1-2-5-12(13(18)19)15-14(20)17-9-6-11(10-17)16-7-3-4-8-16/h11-12H,2-10H2,1H3,(H,15,20)(H,18,19)/t11?,12-/m0/s1. The van der Waals surface area contributed by atoms with E-state index in [1.807, 2.05) is 6.92 Å². The molecule has 0 aromatic heterocycles. The van der Waals surface area contributed by atoms with Crippen molar-refractivity contribution < 1.29 is 14.7 Å². The third-order valence-corrected chi connectivity index (χ3v) is 4.28. The molecule has 20 heavy (non-hydrogen) atoms. The molecular formula is C14H25N3O3. The topological polar surface area (TPSA) is 72.9 Å². The number of carboxylic acids is 1. The van der Waals surface area contributed by atoms with E-state index in [-0.39, 0.29) is 6.03 Å². The van der Waals surface area contributed by atoms with E-state index in [0.29, 0.717) is 12.5 Å². The molecule has 2 fully saturated rings. The van der Waals surface area contributed by atoms with Crippen LogP contribution in [-0.4, -0.2) is 65.2 Å². The molecule has 0 aromatic rings. The summed E-state index contributed by atoms with van der Waals surface area (Å²) < 4.78 is 0. The summed E-state index contributed by atoms with van der Waals surface area (Å²) in [5.74, 6) is -0.949. The smallest absolute Gasteiger partial charge is 0.326 e. The fourth-order valence-electron chi connectivity index (χ4n) is 3.12. The highest BCUT2D eigenvalue weighted by Crippen LogP contribution is 2.20. The highest BCUT2D eigenvalue weighted by molar-refractivity contribution is 5.82. The summed E-state index contributed by atoms with van der Waals surface area (Å²) in [4.78, 5) is 27.4. The Morgan fingerprint density at radius 1 is 1.30 bits per heavy atom. The molecule has 2 saturated heterocycles. The quantitative estimate of drug-likeness (QED) is 0.793. The number of nitrogens with one attached hydrogen (secondary N) is 1. The van der Waals surface area contributed by atoms with Gasteiger partial charge in [-0.05, 0) is 38.8 Å². The Labute approximate surface area is 120 Å². The lowest BCUT2D eigenvalue weighted by Gasteiger charge is -2.24. The molecule has 6 nitrogen and oxygen atoms in total. The number of carboxylic acid groups (broad SMARTS) is 1. The van der Waals surface area contributed by atoms with Crippen LogP contribution in [0.4, 0.5) is 4.79 Å². The van der Waals surface area contributed by atoms with Crippen molar-refractivity contribution in [3.63, 3.8) is 0 Å². The van der Waals surface area contributed by atoms with Crippen molar-refractivity contribution >= 4 is 12.0 Å². The fourth-order valence-corrected chi connectivity index (χ4v) is 3.12. The molecule has 0 aromatic carbocycles. The third-order valence-electron chi connectivity index (χ3n) is 4.28. The molecule has 114 valence electrons. The van der Waals surface area contributed by atoms with Gasteiger partial charge < -0.3 is 15.3 Å². The van der Waals surface area contributed by atoms with Crippen LogP contribution in [0.2, 0.25) is 0 Å². The average molecular weight is 283 g/mol. The van der Waals surface area contributed by atoms with Crippen molar-refractivity contribution in [2.24, 2.45) is 0 Å². The molecular weight excluding hydrogens is 258 g/mol. The molecule has 2 rings (SSSR count). The number of nitrogens with zero attached hydrogens (tertiary/aromatic N) is 2. The van der Waals surface area contributed by atoms with Crippen LogP contribution in [0, 0.1) is 0 Å². The number of urea groups is 1. The van der Waals surface area contributed by atoms with Gasteiger partial charge in [0.15, 0.2) is 0 Å². The van der Waals surface area contributed by atoms with E-state index in [9.17, 15) is 9.59 Å². The predicted octanol–water partition coefficient (Wildman–Crippen LogP) is 1.12. The highest BCUT2D eigenvalue weighted by atomic mass is 16.4. The summed E-state index contributed by atoms with van der Waals surface area (Å²) in [6.45, 7) is 5.64. The Kier molecular flexibility index (Phi) is 5.23. The second-order valence-electron chi connectivity index (χ2n) is 5.76. The minimum absolute atomic E-state index is 0.229. The van der Waals surface area contributed by atoms with Crippen LogP contribution in [0.1, 0.15) is 39.0 Å². The summed E-state index contributed by atoms with van der Waals surface area (Å²) in [5.41, 5.74) is 0. The fraction of sp³-hybridized carbons (Fsp3) is 0.857. The van der Waals surface area contributed by atoms with Crippen molar-refractivity contribution in [1.29, 1.82) is 0 Å². The van der Waals surface area contributed by atoms with Gasteiger partial charge >= 0.3 is 12.0 Å². The molecule has 2 amide bonds. The first-order valence-corrected chi connectivity index (χ1v) is 7.64. The van der Waals surface area contributed by atoms with Crippen LogP contribution >= 0.6 is 0 Å². The van der Waals surface area contributed by atoms with Crippen LogP contribution in [0.5, 0.6) is 0 Å². The maximum Gasteiger partial charge on any atom is 0.326 e. The number of hydrogen-bond donors (Lipinski definition) is 2. The minimum Gasteiger partial charge on any atom is -0.480 e. The van der Waals surface area contributed by atoms with Crippen molar-refractivity contribution in [3.05, 3.63) is 0 Å². The number of likely N-dealkylation sites (tertiary alicyclic amines) is 2. The Bertz CT molecular complexity index is 356. The SMILES string of the molecule is CCC[C@H](NC(=O)N1CCC(N2CCCC2)C1)C(=O)O.